The molecule has 0 rings (SSSR count). The van der Waals surface area contributed by atoms with Crippen molar-refractivity contribution in [1.82, 2.24) is 16.0 Å². The minimum absolute atomic E-state index is 0.0803. The first kappa shape index (κ1) is 33.4. The molecule has 0 aromatic carbocycles. The van der Waals surface area contributed by atoms with E-state index in [9.17, 15) is 33.9 Å². The topological polar surface area (TPSA) is 290 Å². The summed E-state index contributed by atoms with van der Waals surface area (Å²) in [5.74, 6) is -6.66. The van der Waals surface area contributed by atoms with Crippen LogP contribution in [0.3, 0.4) is 0 Å². The molecular formula is C20H35N7O9S. The van der Waals surface area contributed by atoms with Crippen molar-refractivity contribution in [3.05, 3.63) is 0 Å². The average molecular weight is 550 g/mol. The molecule has 16 nitrogen and oxygen atoms in total. The van der Waals surface area contributed by atoms with Gasteiger partial charge in [0.15, 0.2) is 5.96 Å². The number of amides is 3. The third kappa shape index (κ3) is 15.2. The Balaban J connectivity index is 5.53. The molecule has 0 aliphatic heterocycles. The van der Waals surface area contributed by atoms with Gasteiger partial charge in [0.1, 0.15) is 18.1 Å². The Kier molecular flexibility index (Phi) is 16.0. The number of rotatable bonds is 19. The molecule has 3 amide bonds. The standard InChI is InChI=1S/C20H35N7O9S/c1-37-8-6-10(21)16(32)27-13(9-15(30)31)18(34)25-11(4-5-14(28)29)17(33)26-12(19(35)36)3-2-7-24-20(22)23/h10-13H,2-9,21H2,1H3,(H,25,34)(H,26,33)(H,27,32)(H,28,29)(H,30,31)(H,35,36)(H4,22,23,24). The highest BCUT2D eigenvalue weighted by atomic mass is 32.2. The summed E-state index contributed by atoms with van der Waals surface area (Å²) in [5, 5.41) is 34.2. The lowest BCUT2D eigenvalue weighted by molar-refractivity contribution is -0.143. The highest BCUT2D eigenvalue weighted by Gasteiger charge is 2.31. The predicted octanol–water partition coefficient (Wildman–Crippen LogP) is -3.00. The molecule has 0 aromatic heterocycles. The van der Waals surface area contributed by atoms with Crippen LogP contribution in [-0.4, -0.2) is 99.6 Å². The van der Waals surface area contributed by atoms with Crippen molar-refractivity contribution in [2.24, 2.45) is 22.2 Å². The summed E-state index contributed by atoms with van der Waals surface area (Å²) in [6.07, 6.45) is 0.311. The van der Waals surface area contributed by atoms with E-state index in [1.165, 1.54) is 11.8 Å². The molecule has 0 radical (unpaired) electrons. The number of hydrogen-bond donors (Lipinski definition) is 9. The molecule has 17 heteroatoms. The van der Waals surface area contributed by atoms with Crippen molar-refractivity contribution < 1.29 is 44.1 Å². The van der Waals surface area contributed by atoms with Gasteiger partial charge in [0.2, 0.25) is 17.7 Å². The lowest BCUT2D eigenvalue weighted by atomic mass is 10.1. The normalized spacial score (nSPS) is 13.8. The Morgan fingerprint density at radius 3 is 1.89 bits per heavy atom. The number of aliphatic imine (C=N–C) groups is 1. The fraction of sp³-hybridized carbons (Fsp3) is 0.650. The number of nitrogens with zero attached hydrogens (tertiary/aromatic N) is 1. The van der Waals surface area contributed by atoms with Crippen LogP contribution in [0, 0.1) is 0 Å². The van der Waals surface area contributed by atoms with Crippen LogP contribution in [0.2, 0.25) is 0 Å². The molecule has 0 aliphatic rings. The highest BCUT2D eigenvalue weighted by Crippen LogP contribution is 2.06. The van der Waals surface area contributed by atoms with Crippen LogP contribution in [-0.2, 0) is 28.8 Å². The summed E-state index contributed by atoms with van der Waals surface area (Å²) < 4.78 is 0. The Morgan fingerprint density at radius 2 is 1.38 bits per heavy atom. The van der Waals surface area contributed by atoms with Crippen LogP contribution in [0.5, 0.6) is 0 Å². The maximum absolute atomic E-state index is 12.8. The van der Waals surface area contributed by atoms with E-state index in [1.807, 2.05) is 0 Å². The minimum atomic E-state index is -1.62. The van der Waals surface area contributed by atoms with E-state index in [1.54, 1.807) is 6.26 Å². The molecule has 0 bridgehead atoms. The van der Waals surface area contributed by atoms with Crippen LogP contribution in [0.1, 0.15) is 38.5 Å². The Morgan fingerprint density at radius 1 is 0.811 bits per heavy atom. The smallest absolute Gasteiger partial charge is 0.326 e. The van der Waals surface area contributed by atoms with Gasteiger partial charge in [-0.25, -0.2) is 4.79 Å². The molecule has 210 valence electrons. The van der Waals surface area contributed by atoms with Crippen molar-refractivity contribution in [2.45, 2.75) is 62.7 Å². The van der Waals surface area contributed by atoms with Crippen LogP contribution in [0.25, 0.3) is 0 Å². The average Bonchev–Trinajstić information content (AvgIpc) is 2.80. The number of aliphatic carboxylic acids is 3. The van der Waals surface area contributed by atoms with Crippen molar-refractivity contribution in [3.8, 4) is 0 Å². The second kappa shape index (κ2) is 17.8. The van der Waals surface area contributed by atoms with E-state index >= 15 is 0 Å². The second-order valence-corrected chi connectivity index (χ2v) is 8.87. The Hall–Kier alpha value is -3.60. The van der Waals surface area contributed by atoms with E-state index in [4.69, 9.17) is 27.4 Å². The molecule has 0 aliphatic carbocycles. The number of nitrogens with one attached hydrogen (secondary N) is 3. The predicted molar refractivity (Wildman–Crippen MR) is 133 cm³/mol. The molecule has 0 heterocycles. The zero-order valence-electron chi connectivity index (χ0n) is 20.3. The van der Waals surface area contributed by atoms with Gasteiger partial charge in [-0.2, -0.15) is 11.8 Å². The summed E-state index contributed by atoms with van der Waals surface area (Å²) in [4.78, 5) is 75.4. The van der Waals surface area contributed by atoms with Crippen molar-refractivity contribution in [2.75, 3.05) is 18.6 Å². The van der Waals surface area contributed by atoms with Gasteiger partial charge >= 0.3 is 17.9 Å². The van der Waals surface area contributed by atoms with Crippen molar-refractivity contribution >= 4 is 53.4 Å². The Labute approximate surface area is 217 Å². The van der Waals surface area contributed by atoms with E-state index in [0.29, 0.717) is 5.75 Å². The molecule has 0 aromatic rings. The largest absolute Gasteiger partial charge is 0.481 e. The molecule has 4 atom stereocenters. The molecule has 0 saturated carbocycles. The first-order chi connectivity index (χ1) is 17.3. The molecule has 4 unspecified atom stereocenters. The number of thioether (sulfide) groups is 1. The maximum Gasteiger partial charge on any atom is 0.326 e. The molecular weight excluding hydrogens is 514 g/mol. The third-order valence-corrected chi connectivity index (χ3v) is 5.47. The monoisotopic (exact) mass is 549 g/mol. The Bertz CT molecular complexity index is 852. The maximum atomic E-state index is 12.8. The zero-order chi connectivity index (χ0) is 28.5. The summed E-state index contributed by atoms with van der Waals surface area (Å²) >= 11 is 1.43. The van der Waals surface area contributed by atoms with Crippen molar-refractivity contribution in [3.63, 3.8) is 0 Å². The minimum Gasteiger partial charge on any atom is -0.481 e. The first-order valence-corrected chi connectivity index (χ1v) is 12.5. The summed E-state index contributed by atoms with van der Waals surface area (Å²) in [6.45, 7) is 0.0941. The highest BCUT2D eigenvalue weighted by molar-refractivity contribution is 7.98. The number of carboxylic acid groups (broad SMARTS) is 3. The van der Waals surface area contributed by atoms with Gasteiger partial charge in [-0.3, -0.25) is 29.0 Å². The lowest BCUT2D eigenvalue weighted by Gasteiger charge is -2.24. The molecule has 37 heavy (non-hydrogen) atoms. The van der Waals surface area contributed by atoms with Crippen LogP contribution < -0.4 is 33.2 Å². The summed E-state index contributed by atoms with van der Waals surface area (Å²) in [5.41, 5.74) is 16.1. The lowest BCUT2D eigenvalue weighted by Crippen LogP contribution is -2.57. The molecule has 0 fully saturated rings. The molecule has 0 spiro atoms. The third-order valence-electron chi connectivity index (χ3n) is 4.82. The number of carboxylic acids is 3. The quantitative estimate of drug-likeness (QED) is 0.0441. The van der Waals surface area contributed by atoms with E-state index in [-0.39, 0.29) is 31.8 Å². The van der Waals surface area contributed by atoms with Gasteiger partial charge in [0.25, 0.3) is 0 Å². The number of nitrogens with two attached hydrogens (primary N) is 3. The molecule has 12 N–H and O–H groups in total. The van der Waals surface area contributed by atoms with Crippen LogP contribution in [0.15, 0.2) is 4.99 Å². The zero-order valence-corrected chi connectivity index (χ0v) is 21.2. The van der Waals surface area contributed by atoms with Gasteiger partial charge < -0.3 is 48.5 Å². The van der Waals surface area contributed by atoms with Crippen LogP contribution in [0.4, 0.5) is 0 Å². The summed E-state index contributed by atoms with van der Waals surface area (Å²) in [6, 6.07) is -5.59. The van der Waals surface area contributed by atoms with Crippen LogP contribution >= 0.6 is 11.8 Å². The van der Waals surface area contributed by atoms with Gasteiger partial charge in [0, 0.05) is 13.0 Å². The first-order valence-electron chi connectivity index (χ1n) is 11.2. The van der Waals surface area contributed by atoms with E-state index in [2.05, 4.69) is 20.9 Å². The van der Waals surface area contributed by atoms with E-state index < -0.39 is 79.1 Å². The SMILES string of the molecule is CSCCC(N)C(=O)NC(CC(=O)O)C(=O)NC(CCC(=O)O)C(=O)NC(CCCN=C(N)N)C(=O)O. The number of carbonyl (C=O) groups excluding carboxylic acids is 3. The molecule has 0 saturated heterocycles. The number of guanidine groups is 1. The fourth-order valence-electron chi connectivity index (χ4n) is 2.88. The van der Waals surface area contributed by atoms with Gasteiger partial charge in [-0.1, -0.05) is 0 Å². The second-order valence-electron chi connectivity index (χ2n) is 7.89. The van der Waals surface area contributed by atoms with Gasteiger partial charge in [-0.05, 0) is 37.7 Å². The van der Waals surface area contributed by atoms with E-state index in [0.717, 1.165) is 0 Å². The number of hydrogen-bond acceptors (Lipinski definition) is 9. The fourth-order valence-corrected chi connectivity index (χ4v) is 3.37. The van der Waals surface area contributed by atoms with Gasteiger partial charge in [0.05, 0.1) is 12.5 Å². The number of carbonyl (C=O) groups is 6. The van der Waals surface area contributed by atoms with Gasteiger partial charge in [-0.15, -0.1) is 0 Å². The summed E-state index contributed by atoms with van der Waals surface area (Å²) in [7, 11) is 0. The van der Waals surface area contributed by atoms with Crippen molar-refractivity contribution in [1.29, 1.82) is 0 Å².